The van der Waals surface area contributed by atoms with Crippen LogP contribution < -0.4 is 10.1 Å². The second-order valence-corrected chi connectivity index (χ2v) is 5.30. The molecule has 0 fully saturated rings. The fourth-order valence-electron chi connectivity index (χ4n) is 2.28. The number of ether oxygens (including phenoxy) is 1. The number of rotatable bonds is 7. The Morgan fingerprint density at radius 3 is 2.23 bits per heavy atom. The molecule has 0 saturated carbocycles. The fraction of sp³-hybridized carbons (Fsp3) is 0.316. The molecule has 22 heavy (non-hydrogen) atoms. The molecule has 0 spiro atoms. The molecule has 0 aromatic heterocycles. The lowest BCUT2D eigenvalue weighted by Gasteiger charge is -2.13. The molecule has 3 heteroatoms. The average Bonchev–Trinajstić information content (AvgIpc) is 2.56. The number of hydrogen-bond donors (Lipinski definition) is 1. The van der Waals surface area contributed by atoms with Crippen molar-refractivity contribution in [2.45, 2.75) is 33.3 Å². The maximum atomic E-state index is 12.0. The topological polar surface area (TPSA) is 38.3 Å². The summed E-state index contributed by atoms with van der Waals surface area (Å²) < 4.78 is 5.73. The van der Waals surface area contributed by atoms with Crippen LogP contribution in [0, 0.1) is 5.92 Å². The van der Waals surface area contributed by atoms with Crippen LogP contribution in [0.1, 0.15) is 32.3 Å². The van der Waals surface area contributed by atoms with E-state index in [1.807, 2.05) is 68.4 Å². The molecule has 0 aliphatic rings. The molecule has 2 aromatic rings. The zero-order valence-electron chi connectivity index (χ0n) is 13.2. The molecule has 0 saturated heterocycles. The average molecular weight is 297 g/mol. The first kappa shape index (κ1) is 16.1. The number of anilines is 1. The summed E-state index contributed by atoms with van der Waals surface area (Å²) in [6.07, 6.45) is 1.72. The Morgan fingerprint density at radius 2 is 1.64 bits per heavy atom. The number of carbonyl (C=O) groups is 1. The maximum Gasteiger partial charge on any atom is 0.227 e. The van der Waals surface area contributed by atoms with Crippen LogP contribution in [0.3, 0.4) is 0 Å². The number of nitrogens with one attached hydrogen (secondary N) is 1. The minimum Gasteiger partial charge on any atom is -0.489 e. The fourth-order valence-corrected chi connectivity index (χ4v) is 2.28. The van der Waals surface area contributed by atoms with E-state index in [9.17, 15) is 4.79 Å². The van der Waals surface area contributed by atoms with Crippen molar-refractivity contribution in [1.82, 2.24) is 0 Å². The normalized spacial score (nSPS) is 10.5. The van der Waals surface area contributed by atoms with E-state index in [4.69, 9.17) is 4.74 Å². The first-order chi connectivity index (χ1) is 10.7. The van der Waals surface area contributed by atoms with Crippen molar-refractivity contribution >= 4 is 11.6 Å². The van der Waals surface area contributed by atoms with Crippen molar-refractivity contribution in [2.24, 2.45) is 5.92 Å². The molecule has 0 heterocycles. The summed E-state index contributed by atoms with van der Waals surface area (Å²) in [7, 11) is 0. The lowest BCUT2D eigenvalue weighted by atomic mass is 10.0. The van der Waals surface area contributed by atoms with Crippen LogP contribution >= 0.6 is 0 Å². The predicted octanol–water partition coefficient (Wildman–Crippen LogP) is 4.64. The van der Waals surface area contributed by atoms with Gasteiger partial charge in [0.2, 0.25) is 5.91 Å². The summed E-state index contributed by atoms with van der Waals surface area (Å²) in [6.45, 7) is 4.61. The molecule has 2 aromatic carbocycles. The Hall–Kier alpha value is -2.29. The third-order valence-electron chi connectivity index (χ3n) is 3.73. The largest absolute Gasteiger partial charge is 0.489 e. The Kier molecular flexibility index (Phi) is 6.01. The first-order valence-electron chi connectivity index (χ1n) is 7.80. The lowest BCUT2D eigenvalue weighted by molar-refractivity contribution is -0.120. The van der Waals surface area contributed by atoms with Gasteiger partial charge in [-0.25, -0.2) is 0 Å². The third kappa shape index (κ3) is 4.62. The minimum atomic E-state index is 0.0778. The SMILES string of the molecule is CCC(CC)C(=O)Nc1ccc(OCc2ccccc2)cc1. The van der Waals surface area contributed by atoms with Gasteiger partial charge < -0.3 is 10.1 Å². The second-order valence-electron chi connectivity index (χ2n) is 5.30. The number of carbonyl (C=O) groups excluding carboxylic acids is 1. The highest BCUT2D eigenvalue weighted by Crippen LogP contribution is 2.18. The molecule has 116 valence electrons. The zero-order chi connectivity index (χ0) is 15.8. The Bertz CT molecular complexity index is 574. The Morgan fingerprint density at radius 1 is 1.00 bits per heavy atom. The van der Waals surface area contributed by atoms with Gasteiger partial charge >= 0.3 is 0 Å². The van der Waals surface area contributed by atoms with Crippen molar-refractivity contribution < 1.29 is 9.53 Å². The number of hydrogen-bond acceptors (Lipinski definition) is 2. The lowest BCUT2D eigenvalue weighted by Crippen LogP contribution is -2.21. The summed E-state index contributed by atoms with van der Waals surface area (Å²) in [4.78, 5) is 12.0. The van der Waals surface area contributed by atoms with E-state index in [-0.39, 0.29) is 11.8 Å². The van der Waals surface area contributed by atoms with Gasteiger partial charge in [0.15, 0.2) is 0 Å². The second kappa shape index (κ2) is 8.23. The number of amides is 1. The van der Waals surface area contributed by atoms with Gasteiger partial charge in [-0.05, 0) is 42.7 Å². The van der Waals surface area contributed by atoms with E-state index in [0.29, 0.717) is 6.61 Å². The molecule has 1 amide bonds. The highest BCUT2D eigenvalue weighted by molar-refractivity contribution is 5.92. The van der Waals surface area contributed by atoms with Crippen LogP contribution in [-0.2, 0) is 11.4 Å². The molecule has 0 aliphatic carbocycles. The molecule has 0 unspecified atom stereocenters. The molecule has 3 nitrogen and oxygen atoms in total. The predicted molar refractivity (Wildman–Crippen MR) is 89.9 cm³/mol. The van der Waals surface area contributed by atoms with E-state index in [1.54, 1.807) is 0 Å². The van der Waals surface area contributed by atoms with Crippen LogP contribution in [0.2, 0.25) is 0 Å². The summed E-state index contributed by atoms with van der Waals surface area (Å²) in [5, 5.41) is 2.95. The van der Waals surface area contributed by atoms with Crippen LogP contribution in [0.5, 0.6) is 5.75 Å². The smallest absolute Gasteiger partial charge is 0.227 e. The van der Waals surface area contributed by atoms with E-state index >= 15 is 0 Å². The van der Waals surface area contributed by atoms with Crippen molar-refractivity contribution in [1.29, 1.82) is 0 Å². The molecular weight excluding hydrogens is 274 g/mol. The van der Waals surface area contributed by atoms with Gasteiger partial charge in [0.05, 0.1) is 0 Å². The van der Waals surface area contributed by atoms with Crippen LogP contribution in [-0.4, -0.2) is 5.91 Å². The van der Waals surface area contributed by atoms with Crippen molar-refractivity contribution in [3.8, 4) is 5.75 Å². The van der Waals surface area contributed by atoms with Crippen LogP contribution in [0.4, 0.5) is 5.69 Å². The van der Waals surface area contributed by atoms with Gasteiger partial charge in [-0.2, -0.15) is 0 Å². The minimum absolute atomic E-state index is 0.0778. The number of benzene rings is 2. The van der Waals surface area contributed by atoms with Crippen molar-refractivity contribution in [2.75, 3.05) is 5.32 Å². The third-order valence-corrected chi connectivity index (χ3v) is 3.73. The molecule has 0 atom stereocenters. The first-order valence-corrected chi connectivity index (χ1v) is 7.80. The zero-order valence-corrected chi connectivity index (χ0v) is 13.2. The molecule has 0 aliphatic heterocycles. The summed E-state index contributed by atoms with van der Waals surface area (Å²) in [6, 6.07) is 17.6. The highest BCUT2D eigenvalue weighted by Gasteiger charge is 2.13. The molecular formula is C19H23NO2. The van der Waals surface area contributed by atoms with Gasteiger partial charge in [-0.15, -0.1) is 0 Å². The molecule has 1 N–H and O–H groups in total. The van der Waals surface area contributed by atoms with Gasteiger partial charge in [-0.3, -0.25) is 4.79 Å². The molecule has 0 bridgehead atoms. The summed E-state index contributed by atoms with van der Waals surface area (Å²) >= 11 is 0. The Labute approximate surface area is 132 Å². The highest BCUT2D eigenvalue weighted by atomic mass is 16.5. The summed E-state index contributed by atoms with van der Waals surface area (Å²) in [5.41, 5.74) is 1.94. The Balaban J connectivity index is 1.89. The van der Waals surface area contributed by atoms with Gasteiger partial charge in [0.25, 0.3) is 0 Å². The van der Waals surface area contributed by atoms with Gasteiger partial charge in [0.1, 0.15) is 12.4 Å². The van der Waals surface area contributed by atoms with Gasteiger partial charge in [0, 0.05) is 11.6 Å². The van der Waals surface area contributed by atoms with Crippen molar-refractivity contribution in [3.05, 3.63) is 60.2 Å². The van der Waals surface area contributed by atoms with E-state index in [2.05, 4.69) is 5.32 Å². The molecule has 2 rings (SSSR count). The standard InChI is InChI=1S/C19H23NO2/c1-3-16(4-2)19(21)20-17-10-12-18(13-11-17)22-14-15-8-6-5-7-9-15/h5-13,16H,3-4,14H2,1-2H3,(H,20,21). The molecule has 0 radical (unpaired) electrons. The monoisotopic (exact) mass is 297 g/mol. The maximum absolute atomic E-state index is 12.0. The van der Waals surface area contributed by atoms with E-state index < -0.39 is 0 Å². The van der Waals surface area contributed by atoms with Crippen LogP contribution in [0.25, 0.3) is 0 Å². The van der Waals surface area contributed by atoms with Crippen LogP contribution in [0.15, 0.2) is 54.6 Å². The van der Waals surface area contributed by atoms with E-state index in [1.165, 1.54) is 0 Å². The quantitative estimate of drug-likeness (QED) is 0.808. The van der Waals surface area contributed by atoms with Gasteiger partial charge in [-0.1, -0.05) is 44.2 Å². The summed E-state index contributed by atoms with van der Waals surface area (Å²) in [5.74, 6) is 0.960. The van der Waals surface area contributed by atoms with E-state index in [0.717, 1.165) is 29.8 Å². The van der Waals surface area contributed by atoms with Crippen molar-refractivity contribution in [3.63, 3.8) is 0 Å².